The summed E-state index contributed by atoms with van der Waals surface area (Å²) in [5, 5.41) is 0. The molecule has 0 aromatic carbocycles. The molecular weight excluding hydrogens is 182 g/mol. The van der Waals surface area contributed by atoms with Gasteiger partial charge in [-0.3, -0.25) is 19.5 Å². The van der Waals surface area contributed by atoms with Gasteiger partial charge in [-0.05, 0) is 6.92 Å². The predicted molar refractivity (Wildman–Crippen MR) is 48.7 cm³/mol. The molecule has 1 aromatic heterocycles. The SMILES string of the molecule is Cc1cncc(N2CC(=O)CC2=O)n1. The molecule has 0 bridgehead atoms. The first-order chi connectivity index (χ1) is 6.66. The van der Waals surface area contributed by atoms with Crippen molar-refractivity contribution in [1.82, 2.24) is 9.97 Å². The van der Waals surface area contributed by atoms with E-state index in [0.29, 0.717) is 5.82 Å². The minimum atomic E-state index is -0.199. The van der Waals surface area contributed by atoms with Crippen LogP contribution < -0.4 is 4.90 Å². The van der Waals surface area contributed by atoms with Crippen LogP contribution in [0.1, 0.15) is 12.1 Å². The molecule has 72 valence electrons. The molecule has 1 saturated heterocycles. The zero-order chi connectivity index (χ0) is 10.1. The molecule has 0 unspecified atom stereocenters. The lowest BCUT2D eigenvalue weighted by Gasteiger charge is -2.12. The van der Waals surface area contributed by atoms with Crippen molar-refractivity contribution in [1.29, 1.82) is 0 Å². The third-order valence-electron chi connectivity index (χ3n) is 2.00. The fraction of sp³-hybridized carbons (Fsp3) is 0.333. The van der Waals surface area contributed by atoms with Gasteiger partial charge in [-0.15, -0.1) is 0 Å². The van der Waals surface area contributed by atoms with Gasteiger partial charge in [0, 0.05) is 6.20 Å². The van der Waals surface area contributed by atoms with Crippen LogP contribution in [0, 0.1) is 6.92 Å². The maximum Gasteiger partial charge on any atom is 0.236 e. The normalized spacial score (nSPS) is 16.5. The first-order valence-electron chi connectivity index (χ1n) is 4.27. The van der Waals surface area contributed by atoms with Crippen LogP contribution in [0.2, 0.25) is 0 Å². The molecule has 0 atom stereocenters. The first-order valence-corrected chi connectivity index (χ1v) is 4.27. The van der Waals surface area contributed by atoms with Crippen molar-refractivity contribution in [2.75, 3.05) is 11.4 Å². The average Bonchev–Trinajstić information content (AvgIpc) is 2.45. The molecule has 5 heteroatoms. The van der Waals surface area contributed by atoms with E-state index in [1.54, 1.807) is 13.1 Å². The fourth-order valence-corrected chi connectivity index (χ4v) is 1.37. The summed E-state index contributed by atoms with van der Waals surface area (Å²) in [6.45, 7) is 1.91. The molecule has 0 N–H and O–H groups in total. The van der Waals surface area contributed by atoms with Gasteiger partial charge >= 0.3 is 0 Å². The van der Waals surface area contributed by atoms with E-state index in [-0.39, 0.29) is 24.7 Å². The molecule has 1 aliphatic heterocycles. The highest BCUT2D eigenvalue weighted by atomic mass is 16.2. The van der Waals surface area contributed by atoms with E-state index >= 15 is 0 Å². The Morgan fingerprint density at radius 2 is 2.14 bits per heavy atom. The summed E-state index contributed by atoms with van der Waals surface area (Å²) in [5.74, 6) is 0.189. The first kappa shape index (κ1) is 8.80. The van der Waals surface area contributed by atoms with Crippen LogP contribution in [-0.4, -0.2) is 28.2 Å². The minimum Gasteiger partial charge on any atom is -0.297 e. The molecule has 0 spiro atoms. The quantitative estimate of drug-likeness (QED) is 0.590. The van der Waals surface area contributed by atoms with Gasteiger partial charge in [0.1, 0.15) is 0 Å². The van der Waals surface area contributed by atoms with Gasteiger partial charge in [-0.25, -0.2) is 4.98 Å². The standard InChI is InChI=1S/C9H9N3O2/c1-6-3-10-4-8(11-6)12-5-7(13)2-9(12)14/h3-4H,2,5H2,1H3. The van der Waals surface area contributed by atoms with Crippen molar-refractivity contribution < 1.29 is 9.59 Å². The van der Waals surface area contributed by atoms with Crippen molar-refractivity contribution in [2.24, 2.45) is 0 Å². The van der Waals surface area contributed by atoms with E-state index in [4.69, 9.17) is 0 Å². The van der Waals surface area contributed by atoms with Crippen molar-refractivity contribution in [3.05, 3.63) is 18.1 Å². The highest BCUT2D eigenvalue weighted by molar-refractivity contribution is 6.14. The molecule has 1 aromatic rings. The summed E-state index contributed by atoms with van der Waals surface area (Å²) in [4.78, 5) is 31.8. The van der Waals surface area contributed by atoms with E-state index in [9.17, 15) is 9.59 Å². The number of carbonyl (C=O) groups is 2. The number of hydrogen-bond donors (Lipinski definition) is 0. The van der Waals surface area contributed by atoms with E-state index < -0.39 is 0 Å². The van der Waals surface area contributed by atoms with E-state index in [1.807, 2.05) is 0 Å². The molecule has 0 radical (unpaired) electrons. The summed E-state index contributed by atoms with van der Waals surface area (Å²) in [7, 11) is 0. The summed E-state index contributed by atoms with van der Waals surface area (Å²) in [6.07, 6.45) is 3.07. The van der Waals surface area contributed by atoms with Crippen molar-refractivity contribution in [3.8, 4) is 0 Å². The second-order valence-electron chi connectivity index (χ2n) is 3.21. The number of aryl methyl sites for hydroxylation is 1. The lowest BCUT2D eigenvalue weighted by atomic mass is 10.3. The third-order valence-corrected chi connectivity index (χ3v) is 2.00. The van der Waals surface area contributed by atoms with E-state index in [2.05, 4.69) is 9.97 Å². The lowest BCUT2D eigenvalue weighted by molar-refractivity contribution is -0.121. The molecule has 1 amide bonds. The molecule has 0 saturated carbocycles. The molecule has 5 nitrogen and oxygen atoms in total. The molecule has 14 heavy (non-hydrogen) atoms. The lowest BCUT2D eigenvalue weighted by Crippen LogP contribution is -2.25. The van der Waals surface area contributed by atoms with Crippen molar-refractivity contribution >= 4 is 17.5 Å². The number of Topliss-reactive ketones (excluding diaryl/α,β-unsaturated/α-hetero) is 1. The smallest absolute Gasteiger partial charge is 0.236 e. The van der Waals surface area contributed by atoms with Gasteiger partial charge in [-0.2, -0.15) is 0 Å². The highest BCUT2D eigenvalue weighted by Gasteiger charge is 2.29. The largest absolute Gasteiger partial charge is 0.297 e. The number of anilines is 1. The number of nitrogens with zero attached hydrogens (tertiary/aromatic N) is 3. The van der Waals surface area contributed by atoms with Gasteiger partial charge in [0.25, 0.3) is 0 Å². The van der Waals surface area contributed by atoms with E-state index in [1.165, 1.54) is 11.1 Å². The average molecular weight is 191 g/mol. The predicted octanol–water partition coefficient (Wildman–Crippen LogP) is 0.0908. The van der Waals surface area contributed by atoms with Crippen LogP contribution in [0.5, 0.6) is 0 Å². The molecule has 0 aliphatic carbocycles. The Balaban J connectivity index is 2.31. The van der Waals surface area contributed by atoms with E-state index in [0.717, 1.165) is 5.69 Å². The number of rotatable bonds is 1. The second kappa shape index (κ2) is 3.17. The zero-order valence-corrected chi connectivity index (χ0v) is 7.73. The Morgan fingerprint density at radius 1 is 1.36 bits per heavy atom. The Labute approximate surface area is 80.8 Å². The highest BCUT2D eigenvalue weighted by Crippen LogP contribution is 2.15. The van der Waals surface area contributed by atoms with Gasteiger partial charge < -0.3 is 0 Å². The van der Waals surface area contributed by atoms with Crippen LogP contribution in [0.15, 0.2) is 12.4 Å². The topological polar surface area (TPSA) is 63.2 Å². The van der Waals surface area contributed by atoms with Crippen LogP contribution in [0.25, 0.3) is 0 Å². The summed E-state index contributed by atoms with van der Waals surface area (Å²) < 4.78 is 0. The third kappa shape index (κ3) is 1.48. The maximum atomic E-state index is 11.3. The number of amides is 1. The van der Waals surface area contributed by atoms with Crippen molar-refractivity contribution in [2.45, 2.75) is 13.3 Å². The molecule has 2 rings (SSSR count). The Morgan fingerprint density at radius 3 is 2.71 bits per heavy atom. The molecule has 1 fully saturated rings. The number of ketones is 1. The van der Waals surface area contributed by atoms with Gasteiger partial charge in [0.05, 0.1) is 24.9 Å². The summed E-state index contributed by atoms with van der Waals surface area (Å²) in [5.41, 5.74) is 0.731. The monoisotopic (exact) mass is 191 g/mol. The second-order valence-corrected chi connectivity index (χ2v) is 3.21. The Bertz CT molecular complexity index is 403. The summed E-state index contributed by atoms with van der Waals surface area (Å²) in [6, 6.07) is 0. The molecule has 2 heterocycles. The maximum absolute atomic E-state index is 11.3. The van der Waals surface area contributed by atoms with Crippen LogP contribution in [0.4, 0.5) is 5.82 Å². The Kier molecular flexibility index (Phi) is 1.99. The minimum absolute atomic E-state index is 0.0182. The zero-order valence-electron chi connectivity index (χ0n) is 7.73. The Hall–Kier alpha value is -1.78. The summed E-state index contributed by atoms with van der Waals surface area (Å²) >= 11 is 0. The van der Waals surface area contributed by atoms with Crippen LogP contribution in [0.3, 0.4) is 0 Å². The van der Waals surface area contributed by atoms with Gasteiger partial charge in [0.2, 0.25) is 5.91 Å². The van der Waals surface area contributed by atoms with Crippen molar-refractivity contribution in [3.63, 3.8) is 0 Å². The van der Waals surface area contributed by atoms with Crippen LogP contribution >= 0.6 is 0 Å². The molecular formula is C9H9N3O2. The number of aromatic nitrogens is 2. The van der Waals surface area contributed by atoms with Crippen LogP contribution in [-0.2, 0) is 9.59 Å². The molecule has 1 aliphatic rings. The number of carbonyl (C=O) groups excluding carboxylic acids is 2. The van der Waals surface area contributed by atoms with Gasteiger partial charge in [0.15, 0.2) is 11.6 Å². The van der Waals surface area contributed by atoms with Gasteiger partial charge in [-0.1, -0.05) is 0 Å². The number of hydrogen-bond acceptors (Lipinski definition) is 4. The fourth-order valence-electron chi connectivity index (χ4n) is 1.37.